The molecule has 0 aliphatic rings. The van der Waals surface area contributed by atoms with E-state index in [1.807, 2.05) is 0 Å². The van der Waals surface area contributed by atoms with E-state index in [-0.39, 0.29) is 25.9 Å². The number of aliphatic hydroxyl groups excluding tert-OH is 2. The third-order valence-corrected chi connectivity index (χ3v) is 2.79. The molecule has 0 aliphatic carbocycles. The summed E-state index contributed by atoms with van der Waals surface area (Å²) in [7, 11) is 0. The zero-order valence-corrected chi connectivity index (χ0v) is 11.9. The van der Waals surface area contributed by atoms with E-state index in [4.69, 9.17) is 14.9 Å². The molecular weight excluding hydrogens is 248 g/mol. The van der Waals surface area contributed by atoms with Crippen LogP contribution in [0.4, 0.5) is 0 Å². The van der Waals surface area contributed by atoms with Gasteiger partial charge in [0, 0.05) is 20.0 Å². The van der Waals surface area contributed by atoms with Crippen molar-refractivity contribution in [1.29, 1.82) is 0 Å². The maximum absolute atomic E-state index is 10.5. The van der Waals surface area contributed by atoms with Crippen LogP contribution in [0.2, 0.25) is 0 Å². The van der Waals surface area contributed by atoms with Crippen molar-refractivity contribution in [1.82, 2.24) is 10.2 Å². The van der Waals surface area contributed by atoms with Gasteiger partial charge >= 0.3 is 5.97 Å². The van der Waals surface area contributed by atoms with E-state index < -0.39 is 0 Å². The van der Waals surface area contributed by atoms with Crippen molar-refractivity contribution in [3.8, 4) is 0 Å². The van der Waals surface area contributed by atoms with Gasteiger partial charge in [-0.2, -0.15) is 0 Å². The molecule has 0 aliphatic heterocycles. The van der Waals surface area contributed by atoms with E-state index in [2.05, 4.69) is 10.2 Å². The zero-order chi connectivity index (χ0) is 14.3. The third-order valence-electron chi connectivity index (χ3n) is 2.79. The standard InChI is InChI=1S/C13H28N2O4/c1-13(18)19-12-14-6-4-2-3-5-7-15(8-10-16)9-11-17/h14,16-17H,2-12H2,1H3. The van der Waals surface area contributed by atoms with E-state index in [0.717, 1.165) is 38.8 Å². The van der Waals surface area contributed by atoms with Crippen LogP contribution >= 0.6 is 0 Å². The van der Waals surface area contributed by atoms with Crippen LogP contribution in [-0.4, -0.2) is 67.2 Å². The van der Waals surface area contributed by atoms with Crippen LogP contribution in [-0.2, 0) is 9.53 Å². The van der Waals surface area contributed by atoms with Crippen molar-refractivity contribution in [3.05, 3.63) is 0 Å². The highest BCUT2D eigenvalue weighted by molar-refractivity contribution is 5.65. The summed E-state index contributed by atoms with van der Waals surface area (Å²) in [5.74, 6) is -0.264. The number of nitrogens with zero attached hydrogens (tertiary/aromatic N) is 1. The first-order chi connectivity index (χ1) is 9.20. The summed E-state index contributed by atoms with van der Waals surface area (Å²) in [5, 5.41) is 20.8. The van der Waals surface area contributed by atoms with Gasteiger partial charge in [0.15, 0.2) is 0 Å². The molecule has 0 rings (SSSR count). The van der Waals surface area contributed by atoms with E-state index in [1.54, 1.807) is 0 Å². The highest BCUT2D eigenvalue weighted by atomic mass is 16.5. The second-order valence-corrected chi connectivity index (χ2v) is 4.48. The Kier molecular flexibility index (Phi) is 13.2. The molecule has 3 N–H and O–H groups in total. The lowest BCUT2D eigenvalue weighted by atomic mass is 10.2. The summed E-state index contributed by atoms with van der Waals surface area (Å²) < 4.78 is 4.75. The fourth-order valence-corrected chi connectivity index (χ4v) is 1.78. The smallest absolute Gasteiger partial charge is 0.303 e. The van der Waals surface area contributed by atoms with Crippen LogP contribution in [0.15, 0.2) is 0 Å². The average Bonchev–Trinajstić information content (AvgIpc) is 2.37. The van der Waals surface area contributed by atoms with Crippen LogP contribution in [0.25, 0.3) is 0 Å². The lowest BCUT2D eigenvalue weighted by molar-refractivity contribution is -0.141. The quantitative estimate of drug-likeness (QED) is 0.248. The molecule has 0 heterocycles. The van der Waals surface area contributed by atoms with Crippen molar-refractivity contribution in [3.63, 3.8) is 0 Å². The number of hydrogen-bond acceptors (Lipinski definition) is 6. The molecule has 0 radical (unpaired) electrons. The second-order valence-electron chi connectivity index (χ2n) is 4.48. The minimum Gasteiger partial charge on any atom is -0.450 e. The minimum absolute atomic E-state index is 0.139. The summed E-state index contributed by atoms with van der Waals surface area (Å²) in [4.78, 5) is 12.6. The molecule has 0 amide bonds. The summed E-state index contributed by atoms with van der Waals surface area (Å²) >= 11 is 0. The Bertz CT molecular complexity index is 209. The average molecular weight is 276 g/mol. The molecule has 0 aromatic heterocycles. The summed E-state index contributed by atoms with van der Waals surface area (Å²) in [6, 6.07) is 0. The highest BCUT2D eigenvalue weighted by Gasteiger charge is 2.02. The van der Waals surface area contributed by atoms with E-state index in [1.165, 1.54) is 6.92 Å². The molecule has 0 fully saturated rings. The van der Waals surface area contributed by atoms with E-state index >= 15 is 0 Å². The molecule has 114 valence electrons. The van der Waals surface area contributed by atoms with Gasteiger partial charge in [-0.15, -0.1) is 0 Å². The predicted molar refractivity (Wildman–Crippen MR) is 73.7 cm³/mol. The Morgan fingerprint density at radius 1 is 1.05 bits per heavy atom. The molecule has 6 nitrogen and oxygen atoms in total. The maximum atomic E-state index is 10.5. The molecule has 0 spiro atoms. The molecule has 0 atom stereocenters. The topological polar surface area (TPSA) is 82.0 Å². The molecule has 0 saturated carbocycles. The van der Waals surface area contributed by atoms with Gasteiger partial charge in [-0.25, -0.2) is 0 Å². The van der Waals surface area contributed by atoms with Crippen molar-refractivity contribution in [2.45, 2.75) is 32.6 Å². The molecular formula is C13H28N2O4. The maximum Gasteiger partial charge on any atom is 0.303 e. The van der Waals surface area contributed by atoms with Crippen LogP contribution in [0.1, 0.15) is 32.6 Å². The van der Waals surface area contributed by atoms with Crippen LogP contribution in [0, 0.1) is 0 Å². The Morgan fingerprint density at radius 2 is 1.68 bits per heavy atom. The van der Waals surface area contributed by atoms with Crippen molar-refractivity contribution < 1.29 is 19.7 Å². The fourth-order valence-electron chi connectivity index (χ4n) is 1.78. The first-order valence-electron chi connectivity index (χ1n) is 6.99. The monoisotopic (exact) mass is 276 g/mol. The van der Waals surface area contributed by atoms with Gasteiger partial charge in [0.1, 0.15) is 6.73 Å². The van der Waals surface area contributed by atoms with Crippen molar-refractivity contribution >= 4 is 5.97 Å². The molecule has 0 unspecified atom stereocenters. The first kappa shape index (κ1) is 18.3. The zero-order valence-electron chi connectivity index (χ0n) is 11.9. The van der Waals surface area contributed by atoms with Gasteiger partial charge in [0.05, 0.1) is 13.2 Å². The molecule has 6 heteroatoms. The van der Waals surface area contributed by atoms with E-state index in [0.29, 0.717) is 13.1 Å². The first-order valence-corrected chi connectivity index (χ1v) is 6.99. The number of ether oxygens (including phenoxy) is 1. The van der Waals surface area contributed by atoms with Gasteiger partial charge in [0.25, 0.3) is 0 Å². The number of esters is 1. The number of unbranched alkanes of at least 4 members (excludes halogenated alkanes) is 3. The molecule has 0 aromatic carbocycles. The Labute approximate surface area is 115 Å². The van der Waals surface area contributed by atoms with Crippen molar-refractivity contribution in [2.75, 3.05) is 46.1 Å². The van der Waals surface area contributed by atoms with Gasteiger partial charge in [0.2, 0.25) is 0 Å². The Balaban J connectivity index is 3.26. The molecule has 0 bridgehead atoms. The third kappa shape index (κ3) is 13.5. The Morgan fingerprint density at radius 3 is 2.26 bits per heavy atom. The lowest BCUT2D eigenvalue weighted by Gasteiger charge is -2.19. The molecule has 19 heavy (non-hydrogen) atoms. The normalized spacial score (nSPS) is 10.9. The summed E-state index contributed by atoms with van der Waals surface area (Å²) in [5.41, 5.74) is 0. The van der Waals surface area contributed by atoms with Gasteiger partial charge in [-0.1, -0.05) is 12.8 Å². The van der Waals surface area contributed by atoms with Gasteiger partial charge in [-0.3, -0.25) is 15.0 Å². The number of aliphatic hydroxyl groups is 2. The SMILES string of the molecule is CC(=O)OCNCCCCCCN(CCO)CCO. The highest BCUT2D eigenvalue weighted by Crippen LogP contribution is 2.01. The number of nitrogens with one attached hydrogen (secondary N) is 1. The molecule has 0 aromatic rings. The van der Waals surface area contributed by atoms with Crippen LogP contribution in [0.3, 0.4) is 0 Å². The number of hydrogen-bond donors (Lipinski definition) is 3. The minimum atomic E-state index is -0.264. The Hall–Kier alpha value is -0.690. The fraction of sp³-hybridized carbons (Fsp3) is 0.923. The van der Waals surface area contributed by atoms with Crippen molar-refractivity contribution in [2.24, 2.45) is 0 Å². The molecule has 0 saturated heterocycles. The number of carbonyl (C=O) groups is 1. The van der Waals surface area contributed by atoms with Gasteiger partial charge < -0.3 is 14.9 Å². The van der Waals surface area contributed by atoms with E-state index in [9.17, 15) is 4.79 Å². The van der Waals surface area contributed by atoms with Gasteiger partial charge in [-0.05, 0) is 25.9 Å². The largest absolute Gasteiger partial charge is 0.450 e. The second kappa shape index (κ2) is 13.7. The number of carbonyl (C=O) groups excluding carboxylic acids is 1. The van der Waals surface area contributed by atoms with Crippen LogP contribution in [0.5, 0.6) is 0 Å². The lowest BCUT2D eigenvalue weighted by Crippen LogP contribution is -2.30. The van der Waals surface area contributed by atoms with Crippen LogP contribution < -0.4 is 5.32 Å². The predicted octanol–water partition coefficient (Wildman–Crippen LogP) is -0.0564. The summed E-state index contributed by atoms with van der Waals surface area (Å²) in [6.07, 6.45) is 4.38. The summed E-state index contributed by atoms with van der Waals surface area (Å²) in [6.45, 7) is 4.99. The number of rotatable bonds is 13.